The molecule has 0 bridgehead atoms. The third-order valence-electron chi connectivity index (χ3n) is 3.25. The van der Waals surface area contributed by atoms with Gasteiger partial charge in [0.25, 0.3) is 0 Å². The van der Waals surface area contributed by atoms with Crippen molar-refractivity contribution in [1.29, 1.82) is 0 Å². The zero-order valence-electron chi connectivity index (χ0n) is 12.6. The van der Waals surface area contributed by atoms with Crippen LogP contribution in [0.1, 0.15) is 23.6 Å². The van der Waals surface area contributed by atoms with Crippen LogP contribution >= 0.6 is 0 Å². The van der Waals surface area contributed by atoms with E-state index in [0.29, 0.717) is 6.61 Å². The summed E-state index contributed by atoms with van der Waals surface area (Å²) >= 11 is 0. The minimum atomic E-state index is 0.665. The van der Waals surface area contributed by atoms with Crippen LogP contribution in [0.2, 0.25) is 0 Å². The van der Waals surface area contributed by atoms with Crippen LogP contribution < -0.4 is 10.1 Å². The van der Waals surface area contributed by atoms with Crippen LogP contribution in [-0.2, 0) is 6.42 Å². The van der Waals surface area contributed by atoms with Gasteiger partial charge in [-0.15, -0.1) is 0 Å². The van der Waals surface area contributed by atoms with Crippen molar-refractivity contribution < 1.29 is 4.74 Å². The number of anilines is 1. The molecule has 0 aromatic heterocycles. The number of hydrogen-bond donors (Lipinski definition) is 1. The molecule has 2 rings (SSSR count). The third kappa shape index (κ3) is 4.30. The van der Waals surface area contributed by atoms with Crippen molar-refractivity contribution in [3.8, 4) is 5.75 Å². The molecular weight excluding hydrogens is 246 g/mol. The van der Waals surface area contributed by atoms with E-state index in [4.69, 9.17) is 4.74 Å². The first-order chi connectivity index (χ1) is 9.67. The summed E-state index contributed by atoms with van der Waals surface area (Å²) in [5, 5.41) is 3.39. The number of rotatable bonds is 6. The van der Waals surface area contributed by atoms with E-state index in [2.05, 4.69) is 56.4 Å². The molecule has 0 amide bonds. The van der Waals surface area contributed by atoms with Crippen LogP contribution in [-0.4, -0.2) is 13.2 Å². The molecule has 0 fully saturated rings. The normalized spacial score (nSPS) is 10.3. The van der Waals surface area contributed by atoms with Gasteiger partial charge in [-0.2, -0.15) is 0 Å². The van der Waals surface area contributed by atoms with Gasteiger partial charge >= 0.3 is 0 Å². The van der Waals surface area contributed by atoms with Crippen molar-refractivity contribution in [2.24, 2.45) is 0 Å². The molecule has 20 heavy (non-hydrogen) atoms. The van der Waals surface area contributed by atoms with Gasteiger partial charge in [0.1, 0.15) is 12.4 Å². The minimum Gasteiger partial charge on any atom is -0.492 e. The van der Waals surface area contributed by atoms with E-state index < -0.39 is 0 Å². The van der Waals surface area contributed by atoms with Gasteiger partial charge in [-0.3, -0.25) is 0 Å². The summed E-state index contributed by atoms with van der Waals surface area (Å²) in [6.45, 7) is 7.86. The number of ether oxygens (including phenoxy) is 1. The second-order valence-electron chi connectivity index (χ2n) is 5.15. The Morgan fingerprint density at radius 2 is 1.60 bits per heavy atom. The highest BCUT2D eigenvalue weighted by atomic mass is 16.5. The van der Waals surface area contributed by atoms with Crippen LogP contribution in [0.15, 0.2) is 42.5 Å². The first-order valence-corrected chi connectivity index (χ1v) is 7.21. The van der Waals surface area contributed by atoms with Crippen LogP contribution in [0, 0.1) is 13.8 Å². The Balaban J connectivity index is 1.78. The molecule has 0 aliphatic heterocycles. The predicted octanol–water partition coefficient (Wildman–Crippen LogP) is 4.36. The van der Waals surface area contributed by atoms with E-state index in [0.717, 1.165) is 24.4 Å². The molecule has 2 heteroatoms. The van der Waals surface area contributed by atoms with E-state index in [-0.39, 0.29) is 0 Å². The van der Waals surface area contributed by atoms with Gasteiger partial charge in [0.2, 0.25) is 0 Å². The lowest BCUT2D eigenvalue weighted by molar-refractivity contribution is 0.333. The van der Waals surface area contributed by atoms with E-state index in [1.807, 2.05) is 12.1 Å². The number of nitrogens with one attached hydrogen (secondary N) is 1. The van der Waals surface area contributed by atoms with E-state index in [1.165, 1.54) is 16.7 Å². The maximum atomic E-state index is 5.73. The quantitative estimate of drug-likeness (QED) is 0.787. The SMILES string of the molecule is CCc1ccc(OCCNc2cc(C)cc(C)c2)cc1. The number of aryl methyl sites for hydroxylation is 3. The maximum absolute atomic E-state index is 5.73. The second-order valence-corrected chi connectivity index (χ2v) is 5.15. The largest absolute Gasteiger partial charge is 0.492 e. The molecule has 2 nitrogen and oxygen atoms in total. The van der Waals surface area contributed by atoms with Gasteiger partial charge in [-0.05, 0) is 61.2 Å². The summed E-state index contributed by atoms with van der Waals surface area (Å²) in [5.41, 5.74) is 5.06. The fourth-order valence-corrected chi connectivity index (χ4v) is 2.26. The summed E-state index contributed by atoms with van der Waals surface area (Å²) in [7, 11) is 0. The molecule has 0 aliphatic carbocycles. The second kappa shape index (κ2) is 6.99. The highest BCUT2D eigenvalue weighted by Crippen LogP contribution is 2.14. The molecule has 2 aromatic carbocycles. The van der Waals surface area contributed by atoms with Crippen molar-refractivity contribution >= 4 is 5.69 Å². The molecule has 0 heterocycles. The van der Waals surface area contributed by atoms with Crippen molar-refractivity contribution in [3.05, 3.63) is 59.2 Å². The molecule has 0 radical (unpaired) electrons. The summed E-state index contributed by atoms with van der Waals surface area (Å²) in [6.07, 6.45) is 1.06. The predicted molar refractivity (Wildman–Crippen MR) is 85.7 cm³/mol. The van der Waals surface area contributed by atoms with Crippen molar-refractivity contribution in [2.45, 2.75) is 27.2 Å². The van der Waals surface area contributed by atoms with Crippen LogP contribution in [0.4, 0.5) is 5.69 Å². The minimum absolute atomic E-state index is 0.665. The lowest BCUT2D eigenvalue weighted by atomic mass is 10.1. The molecule has 106 valence electrons. The lowest BCUT2D eigenvalue weighted by Crippen LogP contribution is -2.11. The standard InChI is InChI=1S/C18H23NO/c1-4-16-5-7-18(8-6-16)20-10-9-19-17-12-14(2)11-15(3)13-17/h5-8,11-13,19H,4,9-10H2,1-3H3. The van der Waals surface area contributed by atoms with Gasteiger partial charge in [-0.25, -0.2) is 0 Å². The molecule has 0 spiro atoms. The van der Waals surface area contributed by atoms with Gasteiger partial charge < -0.3 is 10.1 Å². The first kappa shape index (κ1) is 14.4. The number of benzene rings is 2. The molecule has 0 aliphatic rings. The van der Waals surface area contributed by atoms with Gasteiger partial charge in [-0.1, -0.05) is 25.1 Å². The molecule has 0 saturated heterocycles. The van der Waals surface area contributed by atoms with Gasteiger partial charge in [0.05, 0.1) is 0 Å². The zero-order valence-corrected chi connectivity index (χ0v) is 12.6. The molecule has 0 atom stereocenters. The monoisotopic (exact) mass is 269 g/mol. The Hall–Kier alpha value is -1.96. The average Bonchev–Trinajstić information content (AvgIpc) is 2.43. The Bertz CT molecular complexity index is 526. The van der Waals surface area contributed by atoms with Crippen molar-refractivity contribution in [1.82, 2.24) is 0 Å². The Morgan fingerprint density at radius 1 is 0.950 bits per heavy atom. The summed E-state index contributed by atoms with van der Waals surface area (Å²) in [5.74, 6) is 0.935. The topological polar surface area (TPSA) is 21.3 Å². The van der Waals surface area contributed by atoms with Crippen molar-refractivity contribution in [3.63, 3.8) is 0 Å². The highest BCUT2D eigenvalue weighted by molar-refractivity contribution is 5.48. The van der Waals surface area contributed by atoms with Crippen LogP contribution in [0.25, 0.3) is 0 Å². The Morgan fingerprint density at radius 3 is 2.20 bits per heavy atom. The van der Waals surface area contributed by atoms with Crippen molar-refractivity contribution in [2.75, 3.05) is 18.5 Å². The van der Waals surface area contributed by atoms with E-state index in [1.54, 1.807) is 0 Å². The van der Waals surface area contributed by atoms with Crippen LogP contribution in [0.5, 0.6) is 5.75 Å². The third-order valence-corrected chi connectivity index (χ3v) is 3.25. The Kier molecular flexibility index (Phi) is 5.05. The summed E-state index contributed by atoms with van der Waals surface area (Å²) in [6, 6.07) is 14.8. The smallest absolute Gasteiger partial charge is 0.119 e. The molecule has 1 N–H and O–H groups in total. The fraction of sp³-hybridized carbons (Fsp3) is 0.333. The zero-order chi connectivity index (χ0) is 14.4. The molecule has 0 saturated carbocycles. The molecule has 2 aromatic rings. The van der Waals surface area contributed by atoms with Gasteiger partial charge in [0.15, 0.2) is 0 Å². The maximum Gasteiger partial charge on any atom is 0.119 e. The van der Waals surface area contributed by atoms with Crippen LogP contribution in [0.3, 0.4) is 0 Å². The average molecular weight is 269 g/mol. The Labute approximate surface area is 121 Å². The summed E-state index contributed by atoms with van der Waals surface area (Å²) < 4.78 is 5.73. The fourth-order valence-electron chi connectivity index (χ4n) is 2.26. The first-order valence-electron chi connectivity index (χ1n) is 7.21. The van der Waals surface area contributed by atoms with E-state index >= 15 is 0 Å². The highest BCUT2D eigenvalue weighted by Gasteiger charge is 1.97. The van der Waals surface area contributed by atoms with Gasteiger partial charge in [0, 0.05) is 12.2 Å². The van der Waals surface area contributed by atoms with E-state index in [9.17, 15) is 0 Å². The number of hydrogen-bond acceptors (Lipinski definition) is 2. The molecular formula is C18H23NO. The molecule has 0 unspecified atom stereocenters. The summed E-state index contributed by atoms with van der Waals surface area (Å²) in [4.78, 5) is 0. The lowest BCUT2D eigenvalue weighted by Gasteiger charge is -2.10.